The van der Waals surface area contributed by atoms with E-state index >= 15 is 0 Å². The summed E-state index contributed by atoms with van der Waals surface area (Å²) in [5.74, 6) is 0.909. The molecular formula is C13H22O2. The Hall–Kier alpha value is -0.0800. The Kier molecular flexibility index (Phi) is 3.68. The largest absolute Gasteiger partial charge is 0.236 e. The van der Waals surface area contributed by atoms with Gasteiger partial charge in [0.25, 0.3) is 0 Å². The summed E-state index contributed by atoms with van der Waals surface area (Å²) in [5, 5.41) is 23.1. The van der Waals surface area contributed by atoms with Gasteiger partial charge in [0.1, 0.15) is 0 Å². The van der Waals surface area contributed by atoms with E-state index in [1.165, 1.54) is 25.7 Å². The lowest BCUT2D eigenvalue weighted by atomic mass is 9.66. The van der Waals surface area contributed by atoms with Crippen LogP contribution >= 0.6 is 0 Å². The lowest BCUT2D eigenvalue weighted by Crippen LogP contribution is -2.42. The lowest BCUT2D eigenvalue weighted by Gasteiger charge is -2.40. The highest BCUT2D eigenvalue weighted by atomic mass is 16.3. The van der Waals surface area contributed by atoms with E-state index in [1.807, 2.05) is 0 Å². The predicted molar refractivity (Wildman–Crippen MR) is 57.5 cm³/mol. The third-order valence-electron chi connectivity index (χ3n) is 4.87. The van der Waals surface area contributed by atoms with Gasteiger partial charge in [-0.2, -0.15) is 0 Å². The number of hydrogen-bond donors (Lipinski definition) is 0. The van der Waals surface area contributed by atoms with E-state index < -0.39 is 0 Å². The van der Waals surface area contributed by atoms with Gasteiger partial charge < -0.3 is 0 Å². The molecule has 0 aromatic heterocycles. The lowest BCUT2D eigenvalue weighted by molar-refractivity contribution is -0.0814. The smallest absolute Gasteiger partial charge is 0.0907 e. The maximum absolute atomic E-state index is 11.6. The van der Waals surface area contributed by atoms with E-state index in [1.54, 1.807) is 0 Å². The molecule has 2 heteroatoms. The molecular weight excluding hydrogens is 188 g/mol. The number of rotatable bonds is 4. The summed E-state index contributed by atoms with van der Waals surface area (Å²) >= 11 is 0. The van der Waals surface area contributed by atoms with Crippen molar-refractivity contribution in [2.75, 3.05) is 13.2 Å². The van der Waals surface area contributed by atoms with Gasteiger partial charge in [-0.25, -0.2) is 10.2 Å². The highest BCUT2D eigenvalue weighted by Gasteiger charge is 2.47. The minimum Gasteiger partial charge on any atom is -0.236 e. The SMILES string of the molecule is [O]CC(C[O])(C1CCCC1)C1CCCC1. The standard InChI is InChI=1S/C13H22O2/c14-9-13(10-15,11-5-1-2-6-11)12-7-3-4-8-12/h11-12H,1-10H2. The van der Waals surface area contributed by atoms with Crippen molar-refractivity contribution in [1.82, 2.24) is 0 Å². The summed E-state index contributed by atoms with van der Waals surface area (Å²) in [4.78, 5) is 0. The highest BCUT2D eigenvalue weighted by Crippen LogP contribution is 2.50. The molecule has 0 heterocycles. The minimum atomic E-state index is -0.368. The zero-order valence-corrected chi connectivity index (χ0v) is 9.54. The molecule has 0 aliphatic heterocycles. The Morgan fingerprint density at radius 2 is 1.07 bits per heavy atom. The summed E-state index contributed by atoms with van der Waals surface area (Å²) < 4.78 is 0. The molecule has 0 aromatic carbocycles. The quantitative estimate of drug-likeness (QED) is 0.683. The second-order valence-corrected chi connectivity index (χ2v) is 5.48. The van der Waals surface area contributed by atoms with Gasteiger partial charge in [0.15, 0.2) is 0 Å². The molecule has 0 unspecified atom stereocenters. The molecule has 0 saturated heterocycles. The van der Waals surface area contributed by atoms with Crippen LogP contribution in [0.15, 0.2) is 0 Å². The summed E-state index contributed by atoms with van der Waals surface area (Å²) in [6, 6.07) is 0. The Morgan fingerprint density at radius 1 is 0.733 bits per heavy atom. The van der Waals surface area contributed by atoms with Gasteiger partial charge in [0.05, 0.1) is 13.2 Å². The Balaban J connectivity index is 2.13. The molecule has 0 aromatic rings. The van der Waals surface area contributed by atoms with Crippen molar-refractivity contribution >= 4 is 0 Å². The molecule has 2 aliphatic carbocycles. The molecule has 0 atom stereocenters. The fourth-order valence-corrected chi connectivity index (χ4v) is 3.85. The third kappa shape index (κ3) is 1.94. The van der Waals surface area contributed by atoms with Crippen LogP contribution in [0.4, 0.5) is 0 Å². The first kappa shape index (κ1) is 11.4. The summed E-state index contributed by atoms with van der Waals surface area (Å²) in [6.07, 6.45) is 9.50. The molecule has 2 aliphatic rings. The Labute approximate surface area is 92.7 Å². The maximum atomic E-state index is 11.6. The molecule has 15 heavy (non-hydrogen) atoms. The molecule has 0 spiro atoms. The summed E-state index contributed by atoms with van der Waals surface area (Å²) in [7, 11) is 0. The van der Waals surface area contributed by atoms with Crippen molar-refractivity contribution in [3.63, 3.8) is 0 Å². The average Bonchev–Trinajstić information content (AvgIpc) is 2.92. The minimum absolute atomic E-state index is 0.119. The Bertz CT molecular complexity index is 169. The van der Waals surface area contributed by atoms with Crippen LogP contribution in [0.2, 0.25) is 0 Å². The molecule has 2 radical (unpaired) electrons. The number of hydrogen-bond acceptors (Lipinski definition) is 0. The van der Waals surface area contributed by atoms with Crippen LogP contribution in [0.25, 0.3) is 0 Å². The topological polar surface area (TPSA) is 39.8 Å². The zero-order chi connectivity index (χ0) is 10.7. The maximum Gasteiger partial charge on any atom is 0.0907 e. The van der Waals surface area contributed by atoms with Crippen molar-refractivity contribution < 1.29 is 10.2 Å². The second kappa shape index (κ2) is 4.84. The van der Waals surface area contributed by atoms with Gasteiger partial charge in [-0.05, 0) is 37.5 Å². The molecule has 2 rings (SSSR count). The van der Waals surface area contributed by atoms with Crippen LogP contribution in [0, 0.1) is 17.3 Å². The van der Waals surface area contributed by atoms with Crippen LogP contribution in [0.3, 0.4) is 0 Å². The van der Waals surface area contributed by atoms with Gasteiger partial charge in [-0.15, -0.1) is 0 Å². The van der Waals surface area contributed by atoms with Gasteiger partial charge in [-0.3, -0.25) is 0 Å². The van der Waals surface area contributed by atoms with E-state index in [4.69, 9.17) is 0 Å². The van der Waals surface area contributed by atoms with Crippen LogP contribution in [-0.2, 0) is 10.2 Å². The average molecular weight is 210 g/mol. The zero-order valence-electron chi connectivity index (χ0n) is 9.54. The van der Waals surface area contributed by atoms with Gasteiger partial charge >= 0.3 is 0 Å². The van der Waals surface area contributed by atoms with Crippen molar-refractivity contribution in [2.24, 2.45) is 17.3 Å². The molecule has 0 amide bonds. The highest BCUT2D eigenvalue weighted by molar-refractivity contribution is 4.95. The van der Waals surface area contributed by atoms with Crippen LogP contribution in [0.5, 0.6) is 0 Å². The summed E-state index contributed by atoms with van der Waals surface area (Å²) in [5.41, 5.74) is -0.368. The van der Waals surface area contributed by atoms with E-state index in [2.05, 4.69) is 0 Å². The second-order valence-electron chi connectivity index (χ2n) is 5.48. The van der Waals surface area contributed by atoms with Gasteiger partial charge in [-0.1, -0.05) is 25.7 Å². The molecule has 0 N–H and O–H groups in total. The van der Waals surface area contributed by atoms with Crippen molar-refractivity contribution in [1.29, 1.82) is 0 Å². The van der Waals surface area contributed by atoms with E-state index in [-0.39, 0.29) is 18.6 Å². The van der Waals surface area contributed by atoms with Crippen LogP contribution in [-0.4, -0.2) is 13.2 Å². The van der Waals surface area contributed by atoms with E-state index in [9.17, 15) is 10.2 Å². The first-order valence-corrected chi connectivity index (χ1v) is 6.49. The van der Waals surface area contributed by atoms with Gasteiger partial charge in [0.2, 0.25) is 0 Å². The first-order chi connectivity index (χ1) is 7.33. The summed E-state index contributed by atoms with van der Waals surface area (Å²) in [6.45, 7) is -0.238. The molecule has 2 fully saturated rings. The fraction of sp³-hybridized carbons (Fsp3) is 1.00. The van der Waals surface area contributed by atoms with Crippen molar-refractivity contribution in [2.45, 2.75) is 51.4 Å². The monoisotopic (exact) mass is 210 g/mol. The Morgan fingerprint density at radius 3 is 1.33 bits per heavy atom. The van der Waals surface area contributed by atoms with Gasteiger partial charge in [0, 0.05) is 5.41 Å². The molecule has 2 saturated carbocycles. The predicted octanol–water partition coefficient (Wildman–Crippen LogP) is 3.21. The molecule has 2 nitrogen and oxygen atoms in total. The van der Waals surface area contributed by atoms with Crippen LogP contribution in [0.1, 0.15) is 51.4 Å². The van der Waals surface area contributed by atoms with E-state index in [0.717, 1.165) is 25.7 Å². The van der Waals surface area contributed by atoms with Crippen LogP contribution < -0.4 is 0 Å². The van der Waals surface area contributed by atoms with E-state index in [0.29, 0.717) is 11.8 Å². The first-order valence-electron chi connectivity index (χ1n) is 6.49. The molecule has 86 valence electrons. The third-order valence-corrected chi connectivity index (χ3v) is 4.87. The fourth-order valence-electron chi connectivity index (χ4n) is 3.85. The molecule has 0 bridgehead atoms. The normalized spacial score (nSPS) is 25.2. The van der Waals surface area contributed by atoms with Crippen molar-refractivity contribution in [3.05, 3.63) is 0 Å². The van der Waals surface area contributed by atoms with Crippen molar-refractivity contribution in [3.8, 4) is 0 Å².